The number of sulfonamides is 1. The number of aryl methyl sites for hydroxylation is 1. The first-order valence-electron chi connectivity index (χ1n) is 14.3. The fourth-order valence-electron chi connectivity index (χ4n) is 5.77. The predicted octanol–water partition coefficient (Wildman–Crippen LogP) is 5.83. The lowest BCUT2D eigenvalue weighted by molar-refractivity contribution is -0.642. The third kappa shape index (κ3) is 7.05. The Morgan fingerprint density at radius 2 is 1.70 bits per heavy atom. The van der Waals surface area contributed by atoms with E-state index in [9.17, 15) is 26.2 Å². The van der Waals surface area contributed by atoms with Crippen LogP contribution in [-0.2, 0) is 37.4 Å². The first kappa shape index (κ1) is 33.7. The number of benzene rings is 2. The number of allylic oxidation sites excluding steroid dienone is 5. The molecule has 0 saturated carbocycles. The van der Waals surface area contributed by atoms with E-state index in [0.717, 1.165) is 51.2 Å². The van der Waals surface area contributed by atoms with Crippen molar-refractivity contribution < 1.29 is 35.9 Å². The summed E-state index contributed by atoms with van der Waals surface area (Å²) in [7, 11) is -2.93. The van der Waals surface area contributed by atoms with Crippen LogP contribution in [0.3, 0.4) is 0 Å². The normalized spacial score (nSPS) is 17.9. The quantitative estimate of drug-likeness (QED) is 0.108. The first-order chi connectivity index (χ1) is 20.5. The third-order valence-corrected chi connectivity index (χ3v) is 12.0. The van der Waals surface area contributed by atoms with E-state index in [4.69, 9.17) is 5.11 Å². The molecule has 0 radical (unpaired) electrons. The number of fused-ring (bicyclic) bond motifs is 2. The number of aromatic nitrogens is 1. The SMILES string of the molecule is CN(C)S(=O)(=O)c1ccc2c(c1)sc(/C=C/C=C/C=C1/C(CCCCCC(=O)O)c3ccc(S(=O)(=O)O)cc3C1(C)C)[n+]2C. The Morgan fingerprint density at radius 3 is 2.36 bits per heavy atom. The number of carbonyl (C=O) groups is 1. The molecule has 1 unspecified atom stereocenters. The van der Waals surface area contributed by atoms with Crippen molar-refractivity contribution in [3.05, 3.63) is 82.4 Å². The van der Waals surface area contributed by atoms with E-state index in [1.807, 2.05) is 55.8 Å². The van der Waals surface area contributed by atoms with Gasteiger partial charge in [0.05, 0.1) is 9.79 Å². The zero-order chi connectivity index (χ0) is 32.4. The summed E-state index contributed by atoms with van der Waals surface area (Å²) in [5.41, 5.74) is 3.43. The molecule has 2 N–H and O–H groups in total. The van der Waals surface area contributed by atoms with E-state index >= 15 is 0 Å². The molecule has 0 fully saturated rings. The summed E-state index contributed by atoms with van der Waals surface area (Å²) in [6.45, 7) is 4.09. The van der Waals surface area contributed by atoms with Crippen molar-refractivity contribution >= 4 is 53.7 Å². The largest absolute Gasteiger partial charge is 0.481 e. The van der Waals surface area contributed by atoms with E-state index in [0.29, 0.717) is 6.42 Å². The Kier molecular flexibility index (Phi) is 10.0. The summed E-state index contributed by atoms with van der Waals surface area (Å²) in [6, 6.07) is 9.91. The summed E-state index contributed by atoms with van der Waals surface area (Å²) in [4.78, 5) is 11.0. The second kappa shape index (κ2) is 13.1. The summed E-state index contributed by atoms with van der Waals surface area (Å²) >= 11 is 1.50. The Balaban J connectivity index is 1.60. The molecule has 0 aliphatic heterocycles. The number of thiazole rings is 1. The highest BCUT2D eigenvalue weighted by atomic mass is 32.2. The van der Waals surface area contributed by atoms with Crippen molar-refractivity contribution in [2.45, 2.75) is 67.1 Å². The number of carboxylic acid groups (broad SMARTS) is 1. The molecule has 12 heteroatoms. The number of hydrogen-bond acceptors (Lipinski definition) is 6. The lowest BCUT2D eigenvalue weighted by Gasteiger charge is -2.24. The van der Waals surface area contributed by atoms with Crippen molar-refractivity contribution in [3.63, 3.8) is 0 Å². The molecule has 0 bridgehead atoms. The lowest BCUT2D eigenvalue weighted by Crippen LogP contribution is -2.29. The van der Waals surface area contributed by atoms with Crippen LogP contribution in [0.1, 0.15) is 68.0 Å². The van der Waals surface area contributed by atoms with Crippen LogP contribution in [0.4, 0.5) is 0 Å². The van der Waals surface area contributed by atoms with Gasteiger partial charge in [-0.1, -0.05) is 74.0 Å². The molecule has 0 saturated heterocycles. The Hall–Kier alpha value is -3.16. The smallest absolute Gasteiger partial charge is 0.303 e. The molecular formula is C32H39N2O7S3+. The molecule has 44 heavy (non-hydrogen) atoms. The maximum absolute atomic E-state index is 12.6. The van der Waals surface area contributed by atoms with Gasteiger partial charge in [-0.25, -0.2) is 12.7 Å². The minimum Gasteiger partial charge on any atom is -0.481 e. The van der Waals surface area contributed by atoms with Gasteiger partial charge >= 0.3 is 5.97 Å². The van der Waals surface area contributed by atoms with E-state index in [-0.39, 0.29) is 22.1 Å². The average Bonchev–Trinajstić information content (AvgIpc) is 3.36. The molecule has 0 amide bonds. The Bertz CT molecular complexity index is 1880. The second-order valence-electron chi connectivity index (χ2n) is 11.7. The molecule has 0 spiro atoms. The van der Waals surface area contributed by atoms with Crippen LogP contribution < -0.4 is 4.57 Å². The molecular weight excluding hydrogens is 621 g/mol. The van der Waals surface area contributed by atoms with Crippen molar-refractivity contribution in [1.82, 2.24) is 4.31 Å². The van der Waals surface area contributed by atoms with Crippen LogP contribution in [0, 0.1) is 0 Å². The molecule has 1 aliphatic carbocycles. The summed E-state index contributed by atoms with van der Waals surface area (Å²) < 4.78 is 62.6. The van der Waals surface area contributed by atoms with Crippen molar-refractivity contribution in [1.29, 1.82) is 0 Å². The van der Waals surface area contributed by atoms with Crippen LogP contribution in [0.15, 0.2) is 76.1 Å². The third-order valence-electron chi connectivity index (χ3n) is 8.21. The first-order valence-corrected chi connectivity index (χ1v) is 18.0. The van der Waals surface area contributed by atoms with Crippen molar-refractivity contribution in [2.24, 2.45) is 7.05 Å². The van der Waals surface area contributed by atoms with Crippen LogP contribution in [0.2, 0.25) is 0 Å². The van der Waals surface area contributed by atoms with Gasteiger partial charge in [0.25, 0.3) is 15.1 Å². The van der Waals surface area contributed by atoms with Gasteiger partial charge in [-0.05, 0) is 48.2 Å². The van der Waals surface area contributed by atoms with Gasteiger partial charge in [0.2, 0.25) is 15.5 Å². The highest BCUT2D eigenvalue weighted by Gasteiger charge is 2.41. The molecule has 1 heterocycles. The van der Waals surface area contributed by atoms with Crippen LogP contribution >= 0.6 is 11.3 Å². The van der Waals surface area contributed by atoms with E-state index in [1.54, 1.807) is 24.3 Å². The molecule has 236 valence electrons. The van der Waals surface area contributed by atoms with Crippen molar-refractivity contribution in [3.8, 4) is 0 Å². The molecule has 4 rings (SSSR count). The summed E-state index contributed by atoms with van der Waals surface area (Å²) in [5, 5.41) is 9.91. The number of rotatable bonds is 12. The second-order valence-corrected chi connectivity index (χ2v) is 16.3. The Labute approximate surface area is 263 Å². The Morgan fingerprint density at radius 1 is 1.00 bits per heavy atom. The molecule has 2 aromatic carbocycles. The minimum absolute atomic E-state index is 0.0296. The number of carboxylic acids is 1. The highest BCUT2D eigenvalue weighted by Crippen LogP contribution is 2.52. The van der Waals surface area contributed by atoms with Gasteiger partial charge in [0, 0.05) is 44.0 Å². The number of unbranched alkanes of at least 4 members (excludes halogenated alkanes) is 2. The number of aliphatic carboxylic acids is 1. The van der Waals surface area contributed by atoms with Crippen LogP contribution in [0.25, 0.3) is 16.3 Å². The zero-order valence-corrected chi connectivity index (χ0v) is 28.0. The fraction of sp³-hybridized carbons (Fsp3) is 0.375. The zero-order valence-electron chi connectivity index (χ0n) is 25.5. The minimum atomic E-state index is -4.35. The van der Waals surface area contributed by atoms with Gasteiger partial charge in [-0.15, -0.1) is 0 Å². The maximum Gasteiger partial charge on any atom is 0.303 e. The van der Waals surface area contributed by atoms with Gasteiger partial charge in [0.15, 0.2) is 0 Å². The highest BCUT2D eigenvalue weighted by molar-refractivity contribution is 7.89. The number of hydrogen-bond donors (Lipinski definition) is 2. The van der Waals surface area contributed by atoms with Crippen molar-refractivity contribution in [2.75, 3.05) is 14.1 Å². The lowest BCUT2D eigenvalue weighted by atomic mass is 9.80. The van der Waals surface area contributed by atoms with Gasteiger partial charge < -0.3 is 5.11 Å². The summed E-state index contributed by atoms with van der Waals surface area (Å²) in [6.07, 6.45) is 13.0. The van der Waals surface area contributed by atoms with Crippen LogP contribution in [0.5, 0.6) is 0 Å². The van der Waals surface area contributed by atoms with Gasteiger partial charge in [0.1, 0.15) is 11.7 Å². The molecule has 1 aromatic heterocycles. The number of nitrogens with zero attached hydrogens (tertiary/aromatic N) is 2. The maximum atomic E-state index is 12.6. The van der Waals surface area contributed by atoms with Gasteiger partial charge in [-0.3, -0.25) is 9.35 Å². The predicted molar refractivity (Wildman–Crippen MR) is 173 cm³/mol. The fourth-order valence-corrected chi connectivity index (χ4v) is 8.38. The van der Waals surface area contributed by atoms with Gasteiger partial charge in [-0.2, -0.15) is 13.0 Å². The topological polar surface area (TPSA) is 133 Å². The van der Waals surface area contributed by atoms with Crippen LogP contribution in [-0.4, -0.2) is 50.9 Å². The van der Waals surface area contributed by atoms with E-state index < -0.39 is 31.5 Å². The average molecular weight is 660 g/mol. The standard InChI is InChI=1S/C32H38N2O7S3/c1-32(2)26(24(12-8-6-11-15-31(35)36)25-18-16-23(20-27(25)32)44(39,40)41)13-9-7-10-14-30-34(5)28-19-17-22(21-29(28)42-30)43(37,38)33(3)4/h7,9-10,13-14,16-21,24H,6,8,11-12,15H2,1-5H3,(H-,35,36,39,40,41)/p+1/b9-7+,14-10+,26-13-. The molecule has 1 atom stereocenters. The van der Waals surface area contributed by atoms with E-state index in [1.165, 1.54) is 35.8 Å². The molecule has 3 aromatic rings. The molecule has 1 aliphatic rings. The monoisotopic (exact) mass is 659 g/mol. The van der Waals surface area contributed by atoms with E-state index in [2.05, 4.69) is 6.08 Å². The molecule has 9 nitrogen and oxygen atoms in total. The summed E-state index contributed by atoms with van der Waals surface area (Å²) in [5.74, 6) is -0.776.